The highest BCUT2D eigenvalue weighted by molar-refractivity contribution is 5.28. The highest BCUT2D eigenvalue weighted by Crippen LogP contribution is 2.25. The Morgan fingerprint density at radius 1 is 1.50 bits per heavy atom. The van der Waals surface area contributed by atoms with Crippen LogP contribution in [0, 0.1) is 5.82 Å². The Kier molecular flexibility index (Phi) is 4.01. The summed E-state index contributed by atoms with van der Waals surface area (Å²) in [5.41, 5.74) is 0. The van der Waals surface area contributed by atoms with Crippen LogP contribution in [-0.4, -0.2) is 42.2 Å². The van der Waals surface area contributed by atoms with E-state index in [4.69, 9.17) is 9.47 Å². The molecule has 0 saturated carbocycles. The van der Waals surface area contributed by atoms with Crippen molar-refractivity contribution >= 4 is 0 Å². The van der Waals surface area contributed by atoms with Crippen molar-refractivity contribution in [3.63, 3.8) is 0 Å². The van der Waals surface area contributed by atoms with Crippen molar-refractivity contribution in [2.75, 3.05) is 20.2 Å². The molecule has 0 aliphatic carbocycles. The molecule has 1 fully saturated rings. The lowest BCUT2D eigenvalue weighted by atomic mass is 10.3. The SMILES string of the molecule is COc1cc(OC2CCN(C(C)C)C2)c(F)cn1. The summed E-state index contributed by atoms with van der Waals surface area (Å²) in [6.45, 7) is 6.13. The van der Waals surface area contributed by atoms with Gasteiger partial charge in [0.25, 0.3) is 0 Å². The van der Waals surface area contributed by atoms with E-state index in [0.29, 0.717) is 11.9 Å². The molecule has 1 aromatic heterocycles. The molecule has 5 heteroatoms. The number of aromatic nitrogens is 1. The molecule has 18 heavy (non-hydrogen) atoms. The van der Waals surface area contributed by atoms with Gasteiger partial charge in [0.05, 0.1) is 13.3 Å². The highest BCUT2D eigenvalue weighted by Gasteiger charge is 2.26. The molecule has 1 aliphatic rings. The minimum atomic E-state index is -0.446. The summed E-state index contributed by atoms with van der Waals surface area (Å²) < 4.78 is 24.2. The van der Waals surface area contributed by atoms with Gasteiger partial charge in [-0.1, -0.05) is 0 Å². The number of methoxy groups -OCH3 is 1. The maximum atomic E-state index is 13.6. The summed E-state index contributed by atoms with van der Waals surface area (Å²) in [5, 5.41) is 0. The van der Waals surface area contributed by atoms with Gasteiger partial charge in [0.15, 0.2) is 11.6 Å². The van der Waals surface area contributed by atoms with Gasteiger partial charge in [0.2, 0.25) is 5.88 Å². The second-order valence-corrected chi connectivity index (χ2v) is 4.77. The minimum absolute atomic E-state index is 0.0361. The van der Waals surface area contributed by atoms with Crippen molar-refractivity contribution in [1.82, 2.24) is 9.88 Å². The fraction of sp³-hybridized carbons (Fsp3) is 0.615. The third-order valence-corrected chi connectivity index (χ3v) is 3.20. The van der Waals surface area contributed by atoms with Gasteiger partial charge in [-0.25, -0.2) is 9.37 Å². The van der Waals surface area contributed by atoms with Gasteiger partial charge < -0.3 is 9.47 Å². The predicted molar refractivity (Wildman–Crippen MR) is 66.5 cm³/mol. The Morgan fingerprint density at radius 3 is 2.89 bits per heavy atom. The first-order valence-corrected chi connectivity index (χ1v) is 6.20. The molecule has 1 saturated heterocycles. The Balaban J connectivity index is 2.02. The molecule has 0 radical (unpaired) electrons. The smallest absolute Gasteiger partial charge is 0.216 e. The van der Waals surface area contributed by atoms with Crippen molar-refractivity contribution < 1.29 is 13.9 Å². The summed E-state index contributed by atoms with van der Waals surface area (Å²) in [4.78, 5) is 6.11. The molecule has 0 aromatic carbocycles. The highest BCUT2D eigenvalue weighted by atomic mass is 19.1. The minimum Gasteiger partial charge on any atom is -0.486 e. The van der Waals surface area contributed by atoms with Gasteiger partial charge in [0, 0.05) is 25.2 Å². The second-order valence-electron chi connectivity index (χ2n) is 4.77. The molecule has 1 aromatic rings. The lowest BCUT2D eigenvalue weighted by molar-refractivity contribution is 0.180. The molecule has 1 aliphatic heterocycles. The number of halogens is 1. The molecule has 1 unspecified atom stereocenters. The molecular weight excluding hydrogens is 235 g/mol. The van der Waals surface area contributed by atoms with Crippen LogP contribution in [0.5, 0.6) is 11.6 Å². The summed E-state index contributed by atoms with van der Waals surface area (Å²) in [7, 11) is 1.50. The largest absolute Gasteiger partial charge is 0.486 e. The molecule has 0 amide bonds. The summed E-state index contributed by atoms with van der Waals surface area (Å²) in [5.74, 6) is 0.140. The average molecular weight is 254 g/mol. The molecular formula is C13H19FN2O2. The van der Waals surface area contributed by atoms with Crippen LogP contribution in [0.1, 0.15) is 20.3 Å². The van der Waals surface area contributed by atoms with Gasteiger partial charge >= 0.3 is 0 Å². The first-order chi connectivity index (χ1) is 8.60. The zero-order valence-corrected chi connectivity index (χ0v) is 11.0. The first kappa shape index (κ1) is 13.1. The maximum Gasteiger partial charge on any atom is 0.216 e. The number of hydrogen-bond acceptors (Lipinski definition) is 4. The van der Waals surface area contributed by atoms with Crippen LogP contribution in [0.25, 0.3) is 0 Å². The van der Waals surface area contributed by atoms with Crippen molar-refractivity contribution in [2.24, 2.45) is 0 Å². The van der Waals surface area contributed by atoms with Crippen LogP contribution in [0.4, 0.5) is 4.39 Å². The Morgan fingerprint density at radius 2 is 2.28 bits per heavy atom. The lowest BCUT2D eigenvalue weighted by Gasteiger charge is -2.20. The number of nitrogens with zero attached hydrogens (tertiary/aromatic N) is 2. The van der Waals surface area contributed by atoms with Crippen LogP contribution in [0.2, 0.25) is 0 Å². The number of pyridine rings is 1. The van der Waals surface area contributed by atoms with Crippen molar-refractivity contribution in [1.29, 1.82) is 0 Å². The van der Waals surface area contributed by atoms with Crippen LogP contribution in [-0.2, 0) is 0 Å². The predicted octanol–water partition coefficient (Wildman–Crippen LogP) is 2.09. The van der Waals surface area contributed by atoms with E-state index < -0.39 is 5.82 Å². The quantitative estimate of drug-likeness (QED) is 0.824. The maximum absolute atomic E-state index is 13.6. The summed E-state index contributed by atoms with van der Waals surface area (Å²) in [6.07, 6.45) is 2.08. The zero-order valence-electron chi connectivity index (χ0n) is 11.0. The summed E-state index contributed by atoms with van der Waals surface area (Å²) in [6, 6.07) is 1.99. The Bertz CT molecular complexity index is 412. The van der Waals surface area contributed by atoms with Gasteiger partial charge in [-0.15, -0.1) is 0 Å². The van der Waals surface area contributed by atoms with Gasteiger partial charge in [0.1, 0.15) is 6.10 Å². The number of ether oxygens (including phenoxy) is 2. The standard InChI is InChI=1S/C13H19FN2O2/c1-9(2)16-5-4-10(8-16)18-12-6-13(17-3)15-7-11(12)14/h6-7,9-10H,4-5,8H2,1-3H3. The molecule has 2 rings (SSSR count). The third kappa shape index (κ3) is 2.90. The average Bonchev–Trinajstić information content (AvgIpc) is 2.81. The van der Waals surface area contributed by atoms with Crippen molar-refractivity contribution in [3.05, 3.63) is 18.1 Å². The van der Waals surface area contributed by atoms with E-state index in [1.807, 2.05) is 0 Å². The van der Waals surface area contributed by atoms with Crippen LogP contribution >= 0.6 is 0 Å². The zero-order chi connectivity index (χ0) is 13.1. The van der Waals surface area contributed by atoms with Crippen LogP contribution in [0.3, 0.4) is 0 Å². The molecule has 0 bridgehead atoms. The van der Waals surface area contributed by atoms with E-state index >= 15 is 0 Å². The fourth-order valence-electron chi connectivity index (χ4n) is 2.10. The molecule has 4 nitrogen and oxygen atoms in total. The topological polar surface area (TPSA) is 34.6 Å². The molecule has 2 heterocycles. The molecule has 0 N–H and O–H groups in total. The van der Waals surface area contributed by atoms with Crippen molar-refractivity contribution in [3.8, 4) is 11.6 Å². The van der Waals surface area contributed by atoms with E-state index in [1.54, 1.807) is 0 Å². The molecule has 1 atom stereocenters. The molecule has 100 valence electrons. The Hall–Kier alpha value is -1.36. The Labute approximate surface area is 107 Å². The van der Waals surface area contributed by atoms with E-state index in [2.05, 4.69) is 23.7 Å². The van der Waals surface area contributed by atoms with E-state index in [-0.39, 0.29) is 11.9 Å². The van der Waals surface area contributed by atoms with E-state index in [9.17, 15) is 4.39 Å². The van der Waals surface area contributed by atoms with Gasteiger partial charge in [-0.2, -0.15) is 0 Å². The number of likely N-dealkylation sites (tertiary alicyclic amines) is 1. The van der Waals surface area contributed by atoms with Crippen LogP contribution in [0.15, 0.2) is 12.3 Å². The van der Waals surface area contributed by atoms with Crippen molar-refractivity contribution in [2.45, 2.75) is 32.4 Å². The summed E-state index contributed by atoms with van der Waals surface area (Å²) >= 11 is 0. The number of hydrogen-bond donors (Lipinski definition) is 0. The first-order valence-electron chi connectivity index (χ1n) is 6.20. The normalized spacial score (nSPS) is 20.4. The van der Waals surface area contributed by atoms with Gasteiger partial charge in [-0.3, -0.25) is 4.90 Å². The van der Waals surface area contributed by atoms with E-state index in [0.717, 1.165) is 25.7 Å². The lowest BCUT2D eigenvalue weighted by Crippen LogP contribution is -2.30. The molecule has 0 spiro atoms. The second kappa shape index (κ2) is 5.52. The number of rotatable bonds is 4. The van der Waals surface area contributed by atoms with Gasteiger partial charge in [-0.05, 0) is 20.3 Å². The fourth-order valence-corrected chi connectivity index (χ4v) is 2.10. The monoisotopic (exact) mass is 254 g/mol. The van der Waals surface area contributed by atoms with Crippen LogP contribution < -0.4 is 9.47 Å². The van der Waals surface area contributed by atoms with E-state index in [1.165, 1.54) is 13.2 Å². The third-order valence-electron chi connectivity index (χ3n) is 3.20.